The fraction of sp³-hybridized carbons (Fsp3) is 0.120. The van der Waals surface area contributed by atoms with Gasteiger partial charge in [-0.1, -0.05) is 54.6 Å². The first kappa shape index (κ1) is 16.7. The molecule has 5 rings (SSSR count). The number of amides is 1. The van der Waals surface area contributed by atoms with Crippen molar-refractivity contribution in [1.82, 2.24) is 4.98 Å². The maximum Gasteiger partial charge on any atom is 0.228 e. The smallest absolute Gasteiger partial charge is 0.228 e. The average molecular weight is 364 g/mol. The molecule has 3 heteroatoms. The van der Waals surface area contributed by atoms with Crippen LogP contribution in [0.1, 0.15) is 16.7 Å². The van der Waals surface area contributed by atoms with E-state index in [9.17, 15) is 4.79 Å². The van der Waals surface area contributed by atoms with E-state index in [-0.39, 0.29) is 5.91 Å². The first-order valence-electron chi connectivity index (χ1n) is 9.60. The van der Waals surface area contributed by atoms with Crippen LogP contribution in [0.5, 0.6) is 0 Å². The zero-order valence-electron chi connectivity index (χ0n) is 15.5. The third-order valence-corrected chi connectivity index (χ3v) is 5.43. The fourth-order valence-electron chi connectivity index (χ4n) is 3.97. The first-order chi connectivity index (χ1) is 13.8. The molecule has 1 aromatic heterocycles. The van der Waals surface area contributed by atoms with Gasteiger partial charge >= 0.3 is 0 Å². The summed E-state index contributed by atoms with van der Waals surface area (Å²) in [7, 11) is 0. The van der Waals surface area contributed by atoms with Gasteiger partial charge in [-0.05, 0) is 58.0 Å². The van der Waals surface area contributed by atoms with Crippen LogP contribution in [0.2, 0.25) is 0 Å². The lowest BCUT2D eigenvalue weighted by molar-refractivity contribution is -0.115. The molecule has 2 heterocycles. The van der Waals surface area contributed by atoms with E-state index in [1.807, 2.05) is 24.5 Å². The van der Waals surface area contributed by atoms with Gasteiger partial charge < -0.3 is 5.32 Å². The van der Waals surface area contributed by atoms with Crippen molar-refractivity contribution in [3.63, 3.8) is 0 Å². The quantitative estimate of drug-likeness (QED) is 0.542. The highest BCUT2D eigenvalue weighted by Gasteiger charge is 2.17. The Bertz CT molecular complexity index is 1190. The highest BCUT2D eigenvalue weighted by Crippen LogP contribution is 2.29. The van der Waals surface area contributed by atoms with Gasteiger partial charge in [0.25, 0.3) is 0 Å². The van der Waals surface area contributed by atoms with E-state index in [1.165, 1.54) is 21.9 Å². The molecule has 0 unspecified atom stereocenters. The number of pyridine rings is 1. The molecule has 136 valence electrons. The van der Waals surface area contributed by atoms with Crippen LogP contribution < -0.4 is 5.32 Å². The van der Waals surface area contributed by atoms with Crippen molar-refractivity contribution in [1.29, 1.82) is 0 Å². The number of aromatic nitrogens is 1. The SMILES string of the molecule is O=C1Cc2ccc(-c3cncc(CCc4cccc5ccccc45)c3)cc2N1. The molecule has 0 bridgehead atoms. The molecule has 0 atom stereocenters. The van der Waals surface area contributed by atoms with E-state index >= 15 is 0 Å². The van der Waals surface area contributed by atoms with Gasteiger partial charge in [0.2, 0.25) is 5.91 Å². The van der Waals surface area contributed by atoms with E-state index in [1.54, 1.807) is 0 Å². The maximum atomic E-state index is 11.6. The Balaban J connectivity index is 1.39. The minimum absolute atomic E-state index is 0.0640. The minimum Gasteiger partial charge on any atom is -0.326 e. The predicted octanol–water partition coefficient (Wildman–Crippen LogP) is 5.18. The Morgan fingerprint density at radius 1 is 0.857 bits per heavy atom. The minimum atomic E-state index is 0.0640. The zero-order valence-corrected chi connectivity index (χ0v) is 15.5. The molecule has 0 spiro atoms. The number of aryl methyl sites for hydroxylation is 2. The van der Waals surface area contributed by atoms with Crippen LogP contribution in [0, 0.1) is 0 Å². The molecule has 1 aliphatic rings. The molecular formula is C25H20N2O. The monoisotopic (exact) mass is 364 g/mol. The van der Waals surface area contributed by atoms with Crippen LogP contribution in [0.15, 0.2) is 79.1 Å². The standard InChI is InChI=1S/C25H20N2O/c28-25-14-21-11-10-20(13-24(21)27-25)22-12-17(15-26-16-22)8-9-19-6-3-5-18-4-1-2-7-23(18)19/h1-7,10-13,15-16H,8-9,14H2,(H,27,28). The summed E-state index contributed by atoms with van der Waals surface area (Å²) in [5.41, 5.74) is 6.73. The summed E-state index contributed by atoms with van der Waals surface area (Å²) in [5.74, 6) is 0.0640. The molecule has 1 N–H and O–H groups in total. The number of rotatable bonds is 4. The molecule has 0 radical (unpaired) electrons. The molecule has 0 aliphatic carbocycles. The van der Waals surface area contributed by atoms with Crippen molar-refractivity contribution in [2.75, 3.05) is 5.32 Å². The molecule has 28 heavy (non-hydrogen) atoms. The van der Waals surface area contributed by atoms with Gasteiger partial charge in [-0.2, -0.15) is 0 Å². The number of nitrogens with zero attached hydrogens (tertiary/aromatic N) is 1. The van der Waals surface area contributed by atoms with Crippen molar-refractivity contribution in [3.05, 3.63) is 95.8 Å². The first-order valence-corrected chi connectivity index (χ1v) is 9.60. The van der Waals surface area contributed by atoms with Crippen LogP contribution in [-0.4, -0.2) is 10.9 Å². The largest absolute Gasteiger partial charge is 0.326 e. The average Bonchev–Trinajstić information content (AvgIpc) is 3.11. The molecule has 3 aromatic carbocycles. The number of benzene rings is 3. The summed E-state index contributed by atoms with van der Waals surface area (Å²) in [5, 5.41) is 5.53. The zero-order chi connectivity index (χ0) is 18.9. The lowest BCUT2D eigenvalue weighted by Crippen LogP contribution is -2.03. The van der Waals surface area contributed by atoms with Crippen LogP contribution >= 0.6 is 0 Å². The van der Waals surface area contributed by atoms with Crippen molar-refractivity contribution in [2.24, 2.45) is 0 Å². The molecule has 3 nitrogen and oxygen atoms in total. The van der Waals surface area contributed by atoms with E-state index < -0.39 is 0 Å². The van der Waals surface area contributed by atoms with Crippen LogP contribution in [0.4, 0.5) is 5.69 Å². The van der Waals surface area contributed by atoms with Crippen molar-refractivity contribution in [2.45, 2.75) is 19.3 Å². The third kappa shape index (κ3) is 3.16. The molecule has 0 saturated carbocycles. The lowest BCUT2D eigenvalue weighted by Gasteiger charge is -2.09. The van der Waals surface area contributed by atoms with Crippen LogP contribution in [-0.2, 0) is 24.1 Å². The summed E-state index contributed by atoms with van der Waals surface area (Å²) in [6.07, 6.45) is 6.23. The Labute approximate surface area is 164 Å². The van der Waals surface area contributed by atoms with Gasteiger partial charge in [0, 0.05) is 23.6 Å². The molecule has 0 saturated heterocycles. The topological polar surface area (TPSA) is 42.0 Å². The molecule has 1 aliphatic heterocycles. The van der Waals surface area contributed by atoms with E-state index in [4.69, 9.17) is 0 Å². The summed E-state index contributed by atoms with van der Waals surface area (Å²) in [4.78, 5) is 16.0. The Morgan fingerprint density at radius 3 is 2.71 bits per heavy atom. The van der Waals surface area contributed by atoms with Crippen molar-refractivity contribution in [3.8, 4) is 11.1 Å². The summed E-state index contributed by atoms with van der Waals surface area (Å²) in [6, 6.07) is 23.4. The highest BCUT2D eigenvalue weighted by molar-refractivity contribution is 6.00. The predicted molar refractivity (Wildman–Crippen MR) is 113 cm³/mol. The summed E-state index contributed by atoms with van der Waals surface area (Å²) < 4.78 is 0. The van der Waals surface area contributed by atoms with Gasteiger partial charge in [0.1, 0.15) is 0 Å². The van der Waals surface area contributed by atoms with Crippen LogP contribution in [0.25, 0.3) is 21.9 Å². The Hall–Kier alpha value is -3.46. The molecule has 4 aromatic rings. The summed E-state index contributed by atoms with van der Waals surface area (Å²) >= 11 is 0. The number of hydrogen-bond acceptors (Lipinski definition) is 2. The second kappa shape index (κ2) is 6.93. The van der Waals surface area contributed by atoms with Gasteiger partial charge in [0.05, 0.1) is 6.42 Å². The van der Waals surface area contributed by atoms with Gasteiger partial charge in [-0.3, -0.25) is 9.78 Å². The van der Waals surface area contributed by atoms with E-state index in [0.717, 1.165) is 35.2 Å². The van der Waals surface area contributed by atoms with E-state index in [0.29, 0.717) is 6.42 Å². The maximum absolute atomic E-state index is 11.6. The van der Waals surface area contributed by atoms with E-state index in [2.05, 4.69) is 64.9 Å². The number of anilines is 1. The normalized spacial score (nSPS) is 12.8. The van der Waals surface area contributed by atoms with Crippen molar-refractivity contribution >= 4 is 22.4 Å². The molecule has 0 fully saturated rings. The number of nitrogens with one attached hydrogen (secondary N) is 1. The number of carbonyl (C=O) groups is 1. The number of hydrogen-bond donors (Lipinski definition) is 1. The Kier molecular flexibility index (Phi) is 4.13. The second-order valence-electron chi connectivity index (χ2n) is 7.32. The van der Waals surface area contributed by atoms with Crippen LogP contribution in [0.3, 0.4) is 0 Å². The number of carbonyl (C=O) groups excluding carboxylic acids is 1. The molecular weight excluding hydrogens is 344 g/mol. The molecule has 1 amide bonds. The Morgan fingerprint density at radius 2 is 1.75 bits per heavy atom. The van der Waals surface area contributed by atoms with Gasteiger partial charge in [-0.25, -0.2) is 0 Å². The second-order valence-corrected chi connectivity index (χ2v) is 7.32. The number of fused-ring (bicyclic) bond motifs is 2. The summed E-state index contributed by atoms with van der Waals surface area (Å²) in [6.45, 7) is 0. The van der Waals surface area contributed by atoms with Gasteiger partial charge in [0.15, 0.2) is 0 Å². The fourth-order valence-corrected chi connectivity index (χ4v) is 3.97. The lowest BCUT2D eigenvalue weighted by atomic mass is 9.97. The van der Waals surface area contributed by atoms with Crippen molar-refractivity contribution < 1.29 is 4.79 Å². The van der Waals surface area contributed by atoms with Gasteiger partial charge in [-0.15, -0.1) is 0 Å². The third-order valence-electron chi connectivity index (χ3n) is 5.43. The highest BCUT2D eigenvalue weighted by atomic mass is 16.1.